The van der Waals surface area contributed by atoms with Gasteiger partial charge in [-0.05, 0) is 37.3 Å². The van der Waals surface area contributed by atoms with Crippen molar-refractivity contribution in [2.75, 3.05) is 11.1 Å². The van der Waals surface area contributed by atoms with Gasteiger partial charge in [-0.2, -0.15) is 26.3 Å². The van der Waals surface area contributed by atoms with Gasteiger partial charge in [-0.3, -0.25) is 4.79 Å². The van der Waals surface area contributed by atoms with Crippen molar-refractivity contribution in [3.05, 3.63) is 58.7 Å². The normalized spacial score (nSPS) is 12.1. The smallest absolute Gasteiger partial charge is 0.399 e. The van der Waals surface area contributed by atoms with E-state index in [2.05, 4.69) is 0 Å². The van der Waals surface area contributed by atoms with Crippen molar-refractivity contribution in [1.29, 1.82) is 0 Å². The van der Waals surface area contributed by atoms with Crippen molar-refractivity contribution < 1.29 is 31.1 Å². The number of hydrogen-bond donors (Lipinski definition) is 2. The fraction of sp³-hybridized carbons (Fsp3) is 0.188. The topological polar surface area (TPSA) is 55.1 Å². The number of nitrogen functional groups attached to an aromatic ring is 1. The van der Waals surface area contributed by atoms with Gasteiger partial charge in [0.05, 0.1) is 22.4 Å². The summed E-state index contributed by atoms with van der Waals surface area (Å²) in [6, 6.07) is 5.51. The number of nitrogens with one attached hydrogen (secondary N) is 1. The van der Waals surface area contributed by atoms with Crippen LogP contribution in [0.2, 0.25) is 0 Å². The molecular weight excluding hydrogens is 350 g/mol. The lowest BCUT2D eigenvalue weighted by Crippen LogP contribution is -2.21. The van der Waals surface area contributed by atoms with E-state index in [0.717, 1.165) is 24.3 Å². The van der Waals surface area contributed by atoms with E-state index in [0.29, 0.717) is 6.07 Å². The van der Waals surface area contributed by atoms with Crippen molar-refractivity contribution in [3.8, 4) is 0 Å². The molecule has 0 heterocycles. The van der Waals surface area contributed by atoms with Crippen molar-refractivity contribution in [2.24, 2.45) is 0 Å². The molecule has 134 valence electrons. The van der Waals surface area contributed by atoms with Crippen LogP contribution in [0.4, 0.5) is 37.7 Å². The summed E-state index contributed by atoms with van der Waals surface area (Å²) in [6.45, 7) is 1.40. The lowest BCUT2D eigenvalue weighted by atomic mass is 10.0. The second-order valence-electron chi connectivity index (χ2n) is 5.30. The zero-order valence-electron chi connectivity index (χ0n) is 12.7. The fourth-order valence-corrected chi connectivity index (χ4v) is 2.19. The van der Waals surface area contributed by atoms with Crippen LogP contribution >= 0.6 is 0 Å². The molecule has 9 heteroatoms. The summed E-state index contributed by atoms with van der Waals surface area (Å²) in [6.07, 6.45) is -9.66. The monoisotopic (exact) mass is 362 g/mol. The molecule has 0 aliphatic carbocycles. The van der Waals surface area contributed by atoms with Crippen LogP contribution in [0.5, 0.6) is 0 Å². The van der Waals surface area contributed by atoms with Gasteiger partial charge in [0.15, 0.2) is 0 Å². The SMILES string of the molecule is Cc1ccc(C(=O)Nc2ccc(N)cc2C(F)(F)F)c(C(F)(F)F)c1. The number of anilines is 2. The van der Waals surface area contributed by atoms with Gasteiger partial charge >= 0.3 is 12.4 Å². The van der Waals surface area contributed by atoms with Crippen molar-refractivity contribution >= 4 is 17.3 Å². The Kier molecular flexibility index (Phi) is 4.70. The minimum Gasteiger partial charge on any atom is -0.399 e. The number of carbonyl (C=O) groups is 1. The first-order valence-corrected chi connectivity index (χ1v) is 6.85. The molecule has 3 N–H and O–H groups in total. The van der Waals surface area contributed by atoms with E-state index >= 15 is 0 Å². The van der Waals surface area contributed by atoms with E-state index in [1.54, 1.807) is 0 Å². The van der Waals surface area contributed by atoms with Crippen LogP contribution in [-0.4, -0.2) is 5.91 Å². The van der Waals surface area contributed by atoms with Gasteiger partial charge < -0.3 is 11.1 Å². The maximum absolute atomic E-state index is 13.1. The summed E-state index contributed by atoms with van der Waals surface area (Å²) in [4.78, 5) is 12.1. The summed E-state index contributed by atoms with van der Waals surface area (Å²) >= 11 is 0. The highest BCUT2D eigenvalue weighted by atomic mass is 19.4. The molecule has 0 aliphatic rings. The van der Waals surface area contributed by atoms with Gasteiger partial charge in [-0.1, -0.05) is 11.6 Å². The Morgan fingerprint density at radius 1 is 0.920 bits per heavy atom. The van der Waals surface area contributed by atoms with Crippen molar-refractivity contribution in [3.63, 3.8) is 0 Å². The first-order chi connectivity index (χ1) is 11.4. The third-order valence-corrected chi connectivity index (χ3v) is 3.32. The average Bonchev–Trinajstić information content (AvgIpc) is 2.47. The van der Waals surface area contributed by atoms with E-state index < -0.39 is 40.6 Å². The van der Waals surface area contributed by atoms with E-state index in [1.165, 1.54) is 13.0 Å². The lowest BCUT2D eigenvalue weighted by molar-refractivity contribution is -0.138. The number of benzene rings is 2. The van der Waals surface area contributed by atoms with Gasteiger partial charge in [-0.25, -0.2) is 0 Å². The molecule has 0 fully saturated rings. The molecule has 0 spiro atoms. The number of nitrogens with two attached hydrogens (primary N) is 1. The predicted octanol–water partition coefficient (Wildman–Crippen LogP) is 4.87. The van der Waals surface area contributed by atoms with Crippen LogP contribution in [0.3, 0.4) is 0 Å². The van der Waals surface area contributed by atoms with Crippen LogP contribution in [0, 0.1) is 6.92 Å². The first kappa shape index (κ1) is 18.6. The van der Waals surface area contributed by atoms with Gasteiger partial charge in [-0.15, -0.1) is 0 Å². The number of carbonyl (C=O) groups excluding carboxylic acids is 1. The summed E-state index contributed by atoms with van der Waals surface area (Å²) in [7, 11) is 0. The second-order valence-corrected chi connectivity index (χ2v) is 5.30. The largest absolute Gasteiger partial charge is 0.418 e. The number of aryl methyl sites for hydroxylation is 1. The number of hydrogen-bond acceptors (Lipinski definition) is 2. The Labute approximate surface area is 138 Å². The van der Waals surface area contributed by atoms with Crippen LogP contribution in [-0.2, 0) is 12.4 Å². The Bertz CT molecular complexity index is 811. The summed E-state index contributed by atoms with van der Waals surface area (Å²) < 4.78 is 78.3. The number of halogens is 6. The van der Waals surface area contributed by atoms with E-state index in [9.17, 15) is 31.1 Å². The Morgan fingerprint density at radius 3 is 2.08 bits per heavy atom. The number of rotatable bonds is 2. The minimum absolute atomic E-state index is 0.198. The molecule has 0 saturated heterocycles. The Hall–Kier alpha value is -2.71. The van der Waals surface area contributed by atoms with E-state index in [1.807, 2.05) is 5.32 Å². The standard InChI is InChI=1S/C16H12F6N2O/c1-8-2-4-10(11(6-8)15(17,18)19)14(25)24-13-5-3-9(23)7-12(13)16(20,21)22/h2-7H,23H2,1H3,(H,24,25). The molecule has 3 nitrogen and oxygen atoms in total. The van der Waals surface area contributed by atoms with Gasteiger partial charge in [0.1, 0.15) is 0 Å². The number of amides is 1. The second kappa shape index (κ2) is 6.30. The maximum atomic E-state index is 13.1. The molecule has 2 aromatic carbocycles. The number of alkyl halides is 6. The molecule has 2 rings (SSSR count). The fourth-order valence-electron chi connectivity index (χ4n) is 2.19. The van der Waals surface area contributed by atoms with Crippen LogP contribution < -0.4 is 11.1 Å². The minimum atomic E-state index is -4.84. The molecule has 0 unspecified atom stereocenters. The average molecular weight is 362 g/mol. The van der Waals surface area contributed by atoms with E-state index in [4.69, 9.17) is 5.73 Å². The van der Waals surface area contributed by atoms with Crippen molar-refractivity contribution in [1.82, 2.24) is 0 Å². The molecular formula is C16H12F6N2O. The third kappa shape index (κ3) is 4.23. The Morgan fingerprint density at radius 2 is 1.52 bits per heavy atom. The third-order valence-electron chi connectivity index (χ3n) is 3.32. The highest BCUT2D eigenvalue weighted by molar-refractivity contribution is 6.06. The van der Waals surface area contributed by atoms with Gasteiger partial charge in [0.25, 0.3) is 5.91 Å². The molecule has 25 heavy (non-hydrogen) atoms. The first-order valence-electron chi connectivity index (χ1n) is 6.85. The molecule has 0 aromatic heterocycles. The quantitative estimate of drug-likeness (QED) is 0.592. The Balaban J connectivity index is 2.46. The summed E-state index contributed by atoms with van der Waals surface area (Å²) in [5.41, 5.74) is 1.43. The molecule has 0 saturated carbocycles. The molecule has 0 aliphatic heterocycles. The zero-order valence-corrected chi connectivity index (χ0v) is 12.7. The zero-order chi connectivity index (χ0) is 19.0. The van der Waals surface area contributed by atoms with Gasteiger partial charge in [0.2, 0.25) is 0 Å². The van der Waals surface area contributed by atoms with Crippen LogP contribution in [0.15, 0.2) is 36.4 Å². The molecule has 0 bridgehead atoms. The van der Waals surface area contributed by atoms with Crippen LogP contribution in [0.1, 0.15) is 27.0 Å². The van der Waals surface area contributed by atoms with E-state index in [-0.39, 0.29) is 11.3 Å². The summed E-state index contributed by atoms with van der Waals surface area (Å²) in [5, 5.41) is 1.88. The highest BCUT2D eigenvalue weighted by Crippen LogP contribution is 2.37. The predicted molar refractivity (Wildman–Crippen MR) is 80.0 cm³/mol. The van der Waals surface area contributed by atoms with Crippen molar-refractivity contribution in [2.45, 2.75) is 19.3 Å². The molecule has 1 amide bonds. The van der Waals surface area contributed by atoms with Gasteiger partial charge in [0, 0.05) is 5.69 Å². The maximum Gasteiger partial charge on any atom is 0.418 e. The molecule has 2 aromatic rings. The highest BCUT2D eigenvalue weighted by Gasteiger charge is 2.37. The molecule has 0 atom stereocenters. The summed E-state index contributed by atoms with van der Waals surface area (Å²) in [5.74, 6) is -1.30. The lowest BCUT2D eigenvalue weighted by Gasteiger charge is -2.17. The molecule has 0 radical (unpaired) electrons. The van der Waals surface area contributed by atoms with Crippen LogP contribution in [0.25, 0.3) is 0 Å².